The fourth-order valence-corrected chi connectivity index (χ4v) is 1.07. The van der Waals surface area contributed by atoms with Crippen molar-refractivity contribution >= 4 is 5.97 Å². The van der Waals surface area contributed by atoms with Crippen LogP contribution in [0.4, 0.5) is 0 Å². The molecule has 0 heterocycles. The molecular weight excluding hydrogens is 216 g/mol. The van der Waals surface area contributed by atoms with Crippen molar-refractivity contribution in [1.29, 1.82) is 0 Å². The van der Waals surface area contributed by atoms with Gasteiger partial charge in [-0.15, -0.1) is 0 Å². The SMILES string of the molecule is CC.CC.CC(Cc1ccc(O)cc1)C(=O)O. The van der Waals surface area contributed by atoms with Gasteiger partial charge in [-0.3, -0.25) is 4.79 Å². The molecule has 0 aromatic heterocycles. The Kier molecular flexibility index (Phi) is 11.6. The minimum absolute atomic E-state index is 0.201. The largest absolute Gasteiger partial charge is 0.508 e. The first-order valence-electron chi connectivity index (χ1n) is 6.10. The van der Waals surface area contributed by atoms with Crippen LogP contribution in [0.2, 0.25) is 0 Å². The van der Waals surface area contributed by atoms with Gasteiger partial charge in [-0.05, 0) is 24.1 Å². The van der Waals surface area contributed by atoms with Crippen LogP contribution >= 0.6 is 0 Å². The van der Waals surface area contributed by atoms with Crippen LogP contribution in [-0.4, -0.2) is 16.2 Å². The Bertz CT molecular complexity index is 291. The molecule has 1 atom stereocenters. The van der Waals surface area contributed by atoms with Crippen LogP contribution in [-0.2, 0) is 11.2 Å². The zero-order valence-corrected chi connectivity index (χ0v) is 11.4. The van der Waals surface area contributed by atoms with Crippen molar-refractivity contribution in [1.82, 2.24) is 0 Å². The molecule has 2 N–H and O–H groups in total. The monoisotopic (exact) mass is 240 g/mol. The second-order valence-electron chi connectivity index (χ2n) is 3.11. The number of carboxylic acids is 1. The first-order chi connectivity index (χ1) is 8.09. The van der Waals surface area contributed by atoms with Crippen molar-refractivity contribution in [2.24, 2.45) is 5.92 Å². The van der Waals surface area contributed by atoms with Crippen LogP contribution in [0.3, 0.4) is 0 Å². The molecule has 0 amide bonds. The second-order valence-corrected chi connectivity index (χ2v) is 3.11. The number of rotatable bonds is 3. The van der Waals surface area contributed by atoms with Crippen LogP contribution in [0.5, 0.6) is 5.75 Å². The van der Waals surface area contributed by atoms with Crippen LogP contribution < -0.4 is 0 Å². The fourth-order valence-electron chi connectivity index (χ4n) is 1.07. The molecular formula is C14H24O3. The summed E-state index contributed by atoms with van der Waals surface area (Å²) in [5.74, 6) is -0.982. The van der Waals surface area contributed by atoms with E-state index in [0.29, 0.717) is 6.42 Å². The summed E-state index contributed by atoms with van der Waals surface area (Å²) in [4.78, 5) is 10.5. The van der Waals surface area contributed by atoms with Gasteiger partial charge in [0.15, 0.2) is 0 Å². The lowest BCUT2D eigenvalue weighted by Crippen LogP contribution is -2.11. The highest BCUT2D eigenvalue weighted by Crippen LogP contribution is 2.13. The lowest BCUT2D eigenvalue weighted by molar-refractivity contribution is -0.141. The number of aromatic hydroxyl groups is 1. The van der Waals surface area contributed by atoms with E-state index in [2.05, 4.69) is 0 Å². The highest BCUT2D eigenvalue weighted by atomic mass is 16.4. The number of aliphatic carboxylic acids is 1. The summed E-state index contributed by atoms with van der Waals surface area (Å²) in [6, 6.07) is 6.58. The van der Waals surface area contributed by atoms with Crippen molar-refractivity contribution in [3.8, 4) is 5.75 Å². The molecule has 1 unspecified atom stereocenters. The van der Waals surface area contributed by atoms with Gasteiger partial charge in [0.1, 0.15) is 5.75 Å². The maximum Gasteiger partial charge on any atom is 0.306 e. The standard InChI is InChI=1S/C10H12O3.2C2H6/c1-7(10(12)13)6-8-2-4-9(11)5-3-8;2*1-2/h2-5,7,11H,6H2,1H3,(H,12,13);2*1-2H3. The molecule has 1 aromatic carbocycles. The Hall–Kier alpha value is -1.51. The van der Waals surface area contributed by atoms with Gasteiger partial charge in [0.05, 0.1) is 5.92 Å². The molecule has 0 bridgehead atoms. The normalized spacial score (nSPS) is 10.2. The smallest absolute Gasteiger partial charge is 0.306 e. The Morgan fingerprint density at radius 2 is 1.53 bits per heavy atom. The summed E-state index contributed by atoms with van der Waals surface area (Å²) in [5.41, 5.74) is 0.924. The van der Waals surface area contributed by atoms with Crippen molar-refractivity contribution < 1.29 is 15.0 Å². The molecule has 0 saturated carbocycles. The third-order valence-corrected chi connectivity index (χ3v) is 1.90. The maximum absolute atomic E-state index is 10.5. The van der Waals surface area contributed by atoms with E-state index in [9.17, 15) is 4.79 Å². The Morgan fingerprint density at radius 3 is 1.88 bits per heavy atom. The van der Waals surface area contributed by atoms with Crippen LogP contribution in [0.15, 0.2) is 24.3 Å². The average Bonchev–Trinajstić information content (AvgIpc) is 2.37. The lowest BCUT2D eigenvalue weighted by atomic mass is 10.0. The quantitative estimate of drug-likeness (QED) is 0.846. The first kappa shape index (κ1) is 17.9. The topological polar surface area (TPSA) is 57.5 Å². The molecule has 1 rings (SSSR count). The van der Waals surface area contributed by atoms with E-state index in [0.717, 1.165) is 5.56 Å². The predicted octanol–water partition coefficient (Wildman–Crippen LogP) is 3.71. The van der Waals surface area contributed by atoms with Crippen LogP contribution in [0.25, 0.3) is 0 Å². The Morgan fingerprint density at radius 1 is 1.12 bits per heavy atom. The van der Waals surface area contributed by atoms with Gasteiger partial charge in [-0.2, -0.15) is 0 Å². The number of hydrogen-bond acceptors (Lipinski definition) is 2. The van der Waals surface area contributed by atoms with Gasteiger partial charge in [-0.1, -0.05) is 46.8 Å². The van der Waals surface area contributed by atoms with Gasteiger partial charge in [-0.25, -0.2) is 0 Å². The zero-order valence-electron chi connectivity index (χ0n) is 11.4. The molecule has 0 aliphatic heterocycles. The van der Waals surface area contributed by atoms with E-state index < -0.39 is 5.97 Å². The molecule has 0 saturated heterocycles. The molecule has 17 heavy (non-hydrogen) atoms. The highest BCUT2D eigenvalue weighted by Gasteiger charge is 2.10. The number of carbonyl (C=O) groups is 1. The molecule has 0 aliphatic carbocycles. The van der Waals surface area contributed by atoms with Gasteiger partial charge in [0, 0.05) is 0 Å². The molecule has 0 spiro atoms. The van der Waals surface area contributed by atoms with Gasteiger partial charge in [0.25, 0.3) is 0 Å². The second kappa shape index (κ2) is 11.0. The summed E-state index contributed by atoms with van der Waals surface area (Å²) >= 11 is 0. The summed E-state index contributed by atoms with van der Waals surface area (Å²) < 4.78 is 0. The van der Waals surface area contributed by atoms with Crippen molar-refractivity contribution in [3.63, 3.8) is 0 Å². The first-order valence-corrected chi connectivity index (χ1v) is 6.10. The minimum Gasteiger partial charge on any atom is -0.508 e. The molecule has 1 aromatic rings. The fraction of sp³-hybridized carbons (Fsp3) is 0.500. The molecule has 98 valence electrons. The highest BCUT2D eigenvalue weighted by molar-refractivity contribution is 5.69. The van der Waals surface area contributed by atoms with E-state index in [-0.39, 0.29) is 11.7 Å². The van der Waals surface area contributed by atoms with E-state index in [1.54, 1.807) is 31.2 Å². The van der Waals surface area contributed by atoms with Gasteiger partial charge < -0.3 is 10.2 Å². The molecule has 0 fully saturated rings. The van der Waals surface area contributed by atoms with Crippen molar-refractivity contribution in [3.05, 3.63) is 29.8 Å². The molecule has 3 heteroatoms. The molecule has 0 aliphatic rings. The Labute approximate surface area is 104 Å². The number of benzene rings is 1. The summed E-state index contributed by atoms with van der Waals surface area (Å²) in [6.07, 6.45) is 0.496. The average molecular weight is 240 g/mol. The van der Waals surface area contributed by atoms with E-state index >= 15 is 0 Å². The van der Waals surface area contributed by atoms with E-state index in [4.69, 9.17) is 10.2 Å². The lowest BCUT2D eigenvalue weighted by Gasteiger charge is -2.05. The molecule has 3 nitrogen and oxygen atoms in total. The van der Waals surface area contributed by atoms with Crippen molar-refractivity contribution in [2.75, 3.05) is 0 Å². The Balaban J connectivity index is 0. The summed E-state index contributed by atoms with van der Waals surface area (Å²) in [5, 5.41) is 17.6. The minimum atomic E-state index is -0.798. The van der Waals surface area contributed by atoms with Gasteiger partial charge in [0.2, 0.25) is 0 Å². The van der Waals surface area contributed by atoms with Gasteiger partial charge >= 0.3 is 5.97 Å². The number of carboxylic acid groups (broad SMARTS) is 1. The van der Waals surface area contributed by atoms with E-state index in [1.165, 1.54) is 0 Å². The zero-order chi connectivity index (χ0) is 13.8. The number of phenols is 1. The summed E-state index contributed by atoms with van der Waals surface area (Å²) in [6.45, 7) is 9.66. The number of hydrogen-bond donors (Lipinski definition) is 2. The summed E-state index contributed by atoms with van der Waals surface area (Å²) in [7, 11) is 0. The van der Waals surface area contributed by atoms with Crippen LogP contribution in [0.1, 0.15) is 40.2 Å². The van der Waals surface area contributed by atoms with Crippen LogP contribution in [0, 0.1) is 5.92 Å². The molecule has 0 radical (unpaired) electrons. The third-order valence-electron chi connectivity index (χ3n) is 1.90. The maximum atomic E-state index is 10.5. The number of phenolic OH excluding ortho intramolecular Hbond substituents is 1. The third kappa shape index (κ3) is 8.31. The van der Waals surface area contributed by atoms with Crippen molar-refractivity contribution in [2.45, 2.75) is 41.0 Å². The van der Waals surface area contributed by atoms with E-state index in [1.807, 2.05) is 27.7 Å². The predicted molar refractivity (Wildman–Crippen MR) is 71.3 cm³/mol.